The van der Waals surface area contributed by atoms with Crippen molar-refractivity contribution in [3.05, 3.63) is 36.0 Å². The number of rotatable bonds is 17. The van der Waals surface area contributed by atoms with Crippen LogP contribution in [0, 0.1) is 17.8 Å². The molecule has 0 fully saturated rings. The number of benzene rings is 1. The average molecular weight is 531 g/mol. The highest BCUT2D eigenvalue weighted by Crippen LogP contribution is 2.23. The molecule has 5 N–H and O–H groups in total. The molecule has 2 amide bonds. The summed E-state index contributed by atoms with van der Waals surface area (Å²) < 4.78 is 7.79. The SMILES string of the molecule is CCCCNC(=O)[C@H](C)C[C@H](O)[C@@H](N)C[C@@H](CNC(=O)c1cn(CC(C)OCC)c2ccccc12)C(C)C. The van der Waals surface area contributed by atoms with E-state index in [-0.39, 0.29) is 35.7 Å². The molecule has 0 aliphatic rings. The zero-order valence-corrected chi connectivity index (χ0v) is 24.2. The Morgan fingerprint density at radius 2 is 1.79 bits per heavy atom. The summed E-state index contributed by atoms with van der Waals surface area (Å²) in [6, 6.07) is 7.43. The molecule has 2 rings (SSSR count). The van der Waals surface area contributed by atoms with Crippen LogP contribution < -0.4 is 16.4 Å². The number of carbonyl (C=O) groups is 2. The fraction of sp³-hybridized carbons (Fsp3) is 0.667. The molecule has 1 heterocycles. The third-order valence-corrected chi connectivity index (χ3v) is 7.35. The Balaban J connectivity index is 2.00. The van der Waals surface area contributed by atoms with Crippen LogP contribution in [-0.2, 0) is 16.1 Å². The third-order valence-electron chi connectivity index (χ3n) is 7.35. The second-order valence-electron chi connectivity index (χ2n) is 10.9. The molecule has 1 aromatic heterocycles. The van der Waals surface area contributed by atoms with Gasteiger partial charge in [-0.2, -0.15) is 0 Å². The number of nitrogens with zero attached hydrogens (tertiary/aromatic N) is 1. The smallest absolute Gasteiger partial charge is 0.253 e. The Kier molecular flexibility index (Phi) is 13.3. The molecular weight excluding hydrogens is 480 g/mol. The van der Waals surface area contributed by atoms with Gasteiger partial charge in [-0.05, 0) is 51.0 Å². The van der Waals surface area contributed by atoms with Gasteiger partial charge in [0.25, 0.3) is 5.91 Å². The molecule has 8 nitrogen and oxygen atoms in total. The first-order valence-corrected chi connectivity index (χ1v) is 14.3. The van der Waals surface area contributed by atoms with E-state index >= 15 is 0 Å². The lowest BCUT2D eigenvalue weighted by molar-refractivity contribution is -0.125. The first kappa shape index (κ1) is 31.8. The van der Waals surface area contributed by atoms with Gasteiger partial charge in [-0.3, -0.25) is 9.59 Å². The van der Waals surface area contributed by atoms with E-state index in [1.54, 1.807) is 0 Å². The minimum atomic E-state index is -0.788. The number of aliphatic hydroxyl groups is 1. The van der Waals surface area contributed by atoms with Gasteiger partial charge in [0.2, 0.25) is 5.91 Å². The van der Waals surface area contributed by atoms with Crippen LogP contribution in [0.2, 0.25) is 0 Å². The molecule has 2 aromatic rings. The van der Waals surface area contributed by atoms with Crippen molar-refractivity contribution >= 4 is 22.7 Å². The van der Waals surface area contributed by atoms with Crippen molar-refractivity contribution in [2.45, 2.75) is 92.0 Å². The highest BCUT2D eigenvalue weighted by Gasteiger charge is 2.26. The fourth-order valence-electron chi connectivity index (χ4n) is 4.82. The van der Waals surface area contributed by atoms with Crippen molar-refractivity contribution in [1.29, 1.82) is 0 Å². The quantitative estimate of drug-likeness (QED) is 0.230. The minimum Gasteiger partial charge on any atom is -0.391 e. The lowest BCUT2D eigenvalue weighted by atomic mass is 9.86. The van der Waals surface area contributed by atoms with Crippen molar-refractivity contribution in [2.24, 2.45) is 23.5 Å². The van der Waals surface area contributed by atoms with Gasteiger partial charge in [0.1, 0.15) is 0 Å². The number of nitrogens with two attached hydrogens (primary N) is 1. The van der Waals surface area contributed by atoms with E-state index in [0.717, 1.165) is 23.7 Å². The van der Waals surface area contributed by atoms with Gasteiger partial charge >= 0.3 is 0 Å². The standard InChI is InChI=1S/C30H50N4O4/c1-7-9-14-32-29(36)21(5)15-28(35)26(31)16-23(20(3)4)17-33-30(37)25-19-34(18-22(6)38-8-2)27-13-11-10-12-24(25)27/h10-13,19-23,26,28,35H,7-9,14-18,31H2,1-6H3,(H,32,36)(H,33,37)/t21-,22?,23+,26+,28+/m1/s1. The molecule has 1 aromatic carbocycles. The normalized spacial score (nSPS) is 15.7. The van der Waals surface area contributed by atoms with Crippen LogP contribution >= 0.6 is 0 Å². The molecule has 0 aliphatic heterocycles. The number of aliphatic hydroxyl groups excluding tert-OH is 1. The van der Waals surface area contributed by atoms with Gasteiger partial charge in [0.05, 0.1) is 17.8 Å². The molecule has 38 heavy (non-hydrogen) atoms. The maximum atomic E-state index is 13.3. The minimum absolute atomic E-state index is 0.0371. The van der Waals surface area contributed by atoms with Crippen LogP contribution in [-0.4, -0.2) is 59.4 Å². The first-order valence-electron chi connectivity index (χ1n) is 14.3. The van der Waals surface area contributed by atoms with Crippen molar-refractivity contribution in [1.82, 2.24) is 15.2 Å². The highest BCUT2D eigenvalue weighted by molar-refractivity contribution is 6.07. The molecule has 0 aliphatic carbocycles. The number of amides is 2. The lowest BCUT2D eigenvalue weighted by Crippen LogP contribution is -2.42. The van der Waals surface area contributed by atoms with Gasteiger partial charge in [0.15, 0.2) is 0 Å². The topological polar surface area (TPSA) is 119 Å². The maximum absolute atomic E-state index is 13.3. The van der Waals surface area contributed by atoms with Crippen LogP contribution in [0.25, 0.3) is 10.9 Å². The molecule has 1 unspecified atom stereocenters. The lowest BCUT2D eigenvalue weighted by Gasteiger charge is -2.28. The number of aromatic nitrogens is 1. The number of unbranched alkanes of at least 4 members (excludes halogenated alkanes) is 1. The number of hydrogen-bond acceptors (Lipinski definition) is 5. The predicted molar refractivity (Wildman–Crippen MR) is 154 cm³/mol. The summed E-state index contributed by atoms with van der Waals surface area (Å²) in [5, 5.41) is 17.7. The van der Waals surface area contributed by atoms with Crippen LogP contribution in [0.5, 0.6) is 0 Å². The first-order chi connectivity index (χ1) is 18.1. The van der Waals surface area contributed by atoms with Gasteiger partial charge in [-0.15, -0.1) is 0 Å². The Hall–Kier alpha value is -2.42. The predicted octanol–water partition coefficient (Wildman–Crippen LogP) is 4.09. The van der Waals surface area contributed by atoms with Crippen molar-refractivity contribution in [2.75, 3.05) is 19.7 Å². The summed E-state index contributed by atoms with van der Waals surface area (Å²) >= 11 is 0. The van der Waals surface area contributed by atoms with Gasteiger partial charge < -0.3 is 30.8 Å². The Morgan fingerprint density at radius 1 is 1.08 bits per heavy atom. The summed E-state index contributed by atoms with van der Waals surface area (Å²) in [6.45, 7) is 14.5. The van der Waals surface area contributed by atoms with Gasteiger partial charge in [-0.25, -0.2) is 0 Å². The monoisotopic (exact) mass is 530 g/mol. The van der Waals surface area contributed by atoms with E-state index in [1.165, 1.54) is 0 Å². The van der Waals surface area contributed by atoms with E-state index in [2.05, 4.69) is 36.0 Å². The van der Waals surface area contributed by atoms with Crippen molar-refractivity contribution in [3.8, 4) is 0 Å². The number of nitrogens with one attached hydrogen (secondary N) is 2. The fourth-order valence-corrected chi connectivity index (χ4v) is 4.82. The van der Waals surface area contributed by atoms with Crippen LogP contribution in [0.1, 0.15) is 77.6 Å². The molecule has 0 radical (unpaired) electrons. The number of para-hydroxylation sites is 1. The van der Waals surface area contributed by atoms with E-state index in [0.29, 0.717) is 44.6 Å². The molecular formula is C30H50N4O4. The maximum Gasteiger partial charge on any atom is 0.253 e. The molecule has 8 heteroatoms. The summed E-state index contributed by atoms with van der Waals surface area (Å²) in [7, 11) is 0. The van der Waals surface area contributed by atoms with Crippen LogP contribution in [0.4, 0.5) is 0 Å². The number of carbonyl (C=O) groups excluding carboxylic acids is 2. The molecule has 214 valence electrons. The Bertz CT molecular complexity index is 1010. The van der Waals surface area contributed by atoms with E-state index in [9.17, 15) is 14.7 Å². The summed E-state index contributed by atoms with van der Waals surface area (Å²) in [4.78, 5) is 25.6. The zero-order valence-electron chi connectivity index (χ0n) is 24.2. The summed E-state index contributed by atoms with van der Waals surface area (Å²) in [5.74, 6) is -0.137. The van der Waals surface area contributed by atoms with Gasteiger partial charge in [-0.1, -0.05) is 52.3 Å². The van der Waals surface area contributed by atoms with Crippen LogP contribution in [0.3, 0.4) is 0 Å². The largest absolute Gasteiger partial charge is 0.391 e. The van der Waals surface area contributed by atoms with Crippen molar-refractivity contribution < 1.29 is 19.4 Å². The number of ether oxygens (including phenoxy) is 1. The van der Waals surface area contributed by atoms with E-state index in [4.69, 9.17) is 10.5 Å². The zero-order chi connectivity index (χ0) is 28.2. The number of hydrogen-bond donors (Lipinski definition) is 4. The Morgan fingerprint density at radius 3 is 2.45 bits per heavy atom. The second-order valence-corrected chi connectivity index (χ2v) is 10.9. The van der Waals surface area contributed by atoms with E-state index < -0.39 is 12.1 Å². The number of fused-ring (bicyclic) bond motifs is 1. The summed E-state index contributed by atoms with van der Waals surface area (Å²) in [5.41, 5.74) is 8.02. The molecule has 5 atom stereocenters. The van der Waals surface area contributed by atoms with Gasteiger partial charge in [0, 0.05) is 55.3 Å². The Labute approximate surface area is 228 Å². The summed E-state index contributed by atoms with van der Waals surface area (Å²) in [6.07, 6.45) is 3.98. The molecule has 0 spiro atoms. The van der Waals surface area contributed by atoms with Crippen LogP contribution in [0.15, 0.2) is 30.5 Å². The average Bonchev–Trinajstić information content (AvgIpc) is 3.24. The molecule has 0 saturated carbocycles. The highest BCUT2D eigenvalue weighted by atomic mass is 16.5. The third kappa shape index (κ3) is 9.40. The van der Waals surface area contributed by atoms with Crippen molar-refractivity contribution in [3.63, 3.8) is 0 Å². The molecule has 0 saturated heterocycles. The second kappa shape index (κ2) is 15.9. The van der Waals surface area contributed by atoms with E-state index in [1.807, 2.05) is 51.2 Å². The molecule has 0 bridgehead atoms.